The third-order valence-corrected chi connectivity index (χ3v) is 6.20. The maximum Gasteiger partial charge on any atom is 0.290 e. The molecule has 168 valence electrons. The fourth-order valence-electron chi connectivity index (χ4n) is 3.62. The standard InChI is InChI=1S/C23H23N7O2S/c1-11-10-12(2)25-22-18(11)19(24)21(33-22)23(32)30-14(4)20(13(3)29-30)28-27-17-8-6-16(7-9-17)26-15(5)31/h6-10H,24H2,1-5H3,(H,26,31). The lowest BCUT2D eigenvalue weighted by Crippen LogP contribution is -2.15. The Morgan fingerprint density at radius 2 is 1.79 bits per heavy atom. The van der Waals surface area contributed by atoms with Gasteiger partial charge < -0.3 is 11.1 Å². The molecule has 1 amide bonds. The molecule has 0 aliphatic heterocycles. The van der Waals surface area contributed by atoms with Crippen LogP contribution in [0, 0.1) is 27.7 Å². The number of pyridine rings is 1. The number of amides is 1. The quantitative estimate of drug-likeness (QED) is 0.395. The predicted molar refractivity (Wildman–Crippen MR) is 130 cm³/mol. The highest BCUT2D eigenvalue weighted by Crippen LogP contribution is 2.36. The SMILES string of the molecule is CC(=O)Nc1ccc(N=Nc2c(C)nn(C(=O)c3sc4nc(C)cc(C)c4c3N)c2C)cc1. The van der Waals surface area contributed by atoms with Crippen molar-refractivity contribution in [2.45, 2.75) is 34.6 Å². The van der Waals surface area contributed by atoms with Gasteiger partial charge in [-0.1, -0.05) is 0 Å². The molecule has 0 aliphatic rings. The first-order chi connectivity index (χ1) is 15.7. The maximum atomic E-state index is 13.3. The number of carbonyl (C=O) groups excluding carboxylic acids is 2. The number of nitrogens with two attached hydrogens (primary N) is 1. The molecule has 0 radical (unpaired) electrons. The highest BCUT2D eigenvalue weighted by atomic mass is 32.1. The molecule has 9 nitrogen and oxygen atoms in total. The molecule has 4 aromatic rings. The number of anilines is 2. The molecule has 0 aliphatic carbocycles. The van der Waals surface area contributed by atoms with Crippen LogP contribution in [0.15, 0.2) is 40.6 Å². The summed E-state index contributed by atoms with van der Waals surface area (Å²) in [6.45, 7) is 8.86. The molecular formula is C23H23N7O2S. The summed E-state index contributed by atoms with van der Waals surface area (Å²) in [7, 11) is 0. The van der Waals surface area contributed by atoms with E-state index in [9.17, 15) is 9.59 Å². The third-order valence-electron chi connectivity index (χ3n) is 5.12. The first-order valence-electron chi connectivity index (χ1n) is 10.2. The topological polar surface area (TPSA) is 128 Å². The maximum absolute atomic E-state index is 13.3. The number of azo groups is 1. The zero-order valence-electron chi connectivity index (χ0n) is 18.9. The van der Waals surface area contributed by atoms with Crippen molar-refractivity contribution in [3.8, 4) is 0 Å². The zero-order chi connectivity index (χ0) is 23.9. The monoisotopic (exact) mass is 461 g/mol. The van der Waals surface area contributed by atoms with E-state index in [4.69, 9.17) is 5.73 Å². The van der Waals surface area contributed by atoms with Gasteiger partial charge in [0.1, 0.15) is 15.4 Å². The summed E-state index contributed by atoms with van der Waals surface area (Å²) in [6.07, 6.45) is 0. The van der Waals surface area contributed by atoms with Gasteiger partial charge in [-0.05, 0) is 63.6 Å². The van der Waals surface area contributed by atoms with Crippen LogP contribution in [-0.4, -0.2) is 26.6 Å². The predicted octanol–water partition coefficient (Wildman–Crippen LogP) is 5.37. The van der Waals surface area contributed by atoms with Crippen molar-refractivity contribution < 1.29 is 9.59 Å². The van der Waals surface area contributed by atoms with Gasteiger partial charge in [-0.2, -0.15) is 14.9 Å². The van der Waals surface area contributed by atoms with Crippen LogP contribution in [-0.2, 0) is 4.79 Å². The van der Waals surface area contributed by atoms with Gasteiger partial charge >= 0.3 is 0 Å². The molecule has 10 heteroatoms. The lowest BCUT2D eigenvalue weighted by molar-refractivity contribution is -0.114. The molecule has 4 rings (SSSR count). The highest BCUT2D eigenvalue weighted by Gasteiger charge is 2.24. The van der Waals surface area contributed by atoms with Gasteiger partial charge in [0.15, 0.2) is 0 Å². The number of benzene rings is 1. The minimum absolute atomic E-state index is 0.145. The molecule has 3 N–H and O–H groups in total. The molecule has 3 aromatic heterocycles. The second-order valence-corrected chi connectivity index (χ2v) is 8.77. The fourth-order valence-corrected chi connectivity index (χ4v) is 4.77. The van der Waals surface area contributed by atoms with E-state index in [0.717, 1.165) is 21.5 Å². The van der Waals surface area contributed by atoms with Crippen molar-refractivity contribution in [1.82, 2.24) is 14.8 Å². The van der Waals surface area contributed by atoms with E-state index in [1.54, 1.807) is 38.1 Å². The number of nitrogens with zero attached hydrogens (tertiary/aromatic N) is 5. The fraction of sp³-hybridized carbons (Fsp3) is 0.217. The number of nitrogens with one attached hydrogen (secondary N) is 1. The van der Waals surface area contributed by atoms with Gasteiger partial charge in [0, 0.05) is 23.7 Å². The minimum Gasteiger partial charge on any atom is -0.397 e. The van der Waals surface area contributed by atoms with E-state index < -0.39 is 0 Å². The summed E-state index contributed by atoms with van der Waals surface area (Å²) in [5.41, 5.74) is 11.5. The Hall–Kier alpha value is -3.92. The van der Waals surface area contributed by atoms with E-state index >= 15 is 0 Å². The Kier molecular flexibility index (Phi) is 5.77. The van der Waals surface area contributed by atoms with Crippen LogP contribution in [0.3, 0.4) is 0 Å². The Balaban J connectivity index is 1.65. The Bertz CT molecular complexity index is 1430. The van der Waals surface area contributed by atoms with Crippen molar-refractivity contribution >= 4 is 56.1 Å². The Morgan fingerprint density at radius 1 is 1.09 bits per heavy atom. The number of aromatic nitrogens is 3. The second-order valence-electron chi connectivity index (χ2n) is 7.77. The number of rotatable bonds is 4. The minimum atomic E-state index is -0.325. The van der Waals surface area contributed by atoms with Gasteiger partial charge in [0.25, 0.3) is 5.91 Å². The van der Waals surface area contributed by atoms with Gasteiger partial charge in [-0.3, -0.25) is 9.59 Å². The first kappa shape index (κ1) is 22.3. The average Bonchev–Trinajstić information content (AvgIpc) is 3.22. The number of hydrogen-bond donors (Lipinski definition) is 2. The summed E-state index contributed by atoms with van der Waals surface area (Å²) < 4.78 is 1.31. The Morgan fingerprint density at radius 3 is 2.45 bits per heavy atom. The van der Waals surface area contributed by atoms with Crippen LogP contribution < -0.4 is 11.1 Å². The zero-order valence-corrected chi connectivity index (χ0v) is 19.7. The smallest absolute Gasteiger partial charge is 0.290 e. The molecule has 0 saturated heterocycles. The lowest BCUT2D eigenvalue weighted by atomic mass is 10.1. The number of aryl methyl sites for hydroxylation is 3. The molecule has 0 saturated carbocycles. The van der Waals surface area contributed by atoms with E-state index in [1.165, 1.54) is 22.9 Å². The molecule has 0 atom stereocenters. The van der Waals surface area contributed by atoms with Crippen LogP contribution in [0.25, 0.3) is 10.2 Å². The van der Waals surface area contributed by atoms with Gasteiger partial charge in [0.2, 0.25) is 5.91 Å². The lowest BCUT2D eigenvalue weighted by Gasteiger charge is -2.03. The van der Waals surface area contributed by atoms with Gasteiger partial charge in [0.05, 0.1) is 22.8 Å². The van der Waals surface area contributed by atoms with Crippen LogP contribution in [0.1, 0.15) is 39.2 Å². The summed E-state index contributed by atoms with van der Waals surface area (Å²) in [5, 5.41) is 16.5. The second kappa shape index (κ2) is 8.55. The summed E-state index contributed by atoms with van der Waals surface area (Å²) in [4.78, 5) is 30.1. The molecule has 0 spiro atoms. The van der Waals surface area contributed by atoms with Crippen molar-refractivity contribution in [3.05, 3.63) is 57.9 Å². The molecule has 33 heavy (non-hydrogen) atoms. The largest absolute Gasteiger partial charge is 0.397 e. The molecule has 1 aromatic carbocycles. The molecule has 0 unspecified atom stereocenters. The average molecular weight is 462 g/mol. The summed E-state index contributed by atoms with van der Waals surface area (Å²) >= 11 is 1.26. The van der Waals surface area contributed by atoms with Crippen molar-refractivity contribution in [3.63, 3.8) is 0 Å². The van der Waals surface area contributed by atoms with Gasteiger partial charge in [-0.25, -0.2) is 4.98 Å². The van der Waals surface area contributed by atoms with Crippen LogP contribution in [0.4, 0.5) is 22.7 Å². The van der Waals surface area contributed by atoms with E-state index in [1.807, 2.05) is 19.9 Å². The third kappa shape index (κ3) is 4.24. The van der Waals surface area contributed by atoms with Crippen LogP contribution in [0.2, 0.25) is 0 Å². The Labute approximate surface area is 194 Å². The van der Waals surface area contributed by atoms with Crippen molar-refractivity contribution in [2.24, 2.45) is 10.2 Å². The van der Waals surface area contributed by atoms with Gasteiger partial charge in [-0.15, -0.1) is 16.5 Å². The van der Waals surface area contributed by atoms with E-state index in [2.05, 4.69) is 25.6 Å². The van der Waals surface area contributed by atoms with Crippen molar-refractivity contribution in [1.29, 1.82) is 0 Å². The number of carbonyl (C=O) groups is 2. The molecular weight excluding hydrogens is 438 g/mol. The van der Waals surface area contributed by atoms with E-state index in [-0.39, 0.29) is 11.8 Å². The normalized spacial score (nSPS) is 11.4. The highest BCUT2D eigenvalue weighted by molar-refractivity contribution is 7.21. The molecule has 3 heterocycles. The number of hydrogen-bond acceptors (Lipinski definition) is 8. The summed E-state index contributed by atoms with van der Waals surface area (Å²) in [6, 6.07) is 8.91. The van der Waals surface area contributed by atoms with Crippen LogP contribution in [0.5, 0.6) is 0 Å². The summed E-state index contributed by atoms with van der Waals surface area (Å²) in [5.74, 6) is -0.470. The van der Waals surface area contributed by atoms with E-state index in [0.29, 0.717) is 39.0 Å². The van der Waals surface area contributed by atoms with Crippen LogP contribution >= 0.6 is 11.3 Å². The molecule has 0 bridgehead atoms. The number of thiophene rings is 1. The van der Waals surface area contributed by atoms with Crippen molar-refractivity contribution in [2.75, 3.05) is 11.1 Å². The number of nitrogen functional groups attached to an aromatic ring is 1. The molecule has 0 fully saturated rings. The number of fused-ring (bicyclic) bond motifs is 1. The first-order valence-corrected chi connectivity index (χ1v) is 11.0.